The van der Waals surface area contributed by atoms with E-state index in [1.807, 2.05) is 13.0 Å². The molecule has 1 heterocycles. The maximum atomic E-state index is 5.50. The summed E-state index contributed by atoms with van der Waals surface area (Å²) in [5, 5.41) is 0. The second-order valence-corrected chi connectivity index (χ2v) is 3.09. The van der Waals surface area contributed by atoms with Crippen LogP contribution < -0.4 is 5.73 Å². The number of rotatable bonds is 2. The largest absolute Gasteiger partial charge is 0.466 e. The third kappa shape index (κ3) is 1.63. The van der Waals surface area contributed by atoms with E-state index in [1.54, 1.807) is 0 Å². The lowest BCUT2D eigenvalue weighted by molar-refractivity contribution is 0.461. The van der Waals surface area contributed by atoms with Crippen LogP contribution in [0.25, 0.3) is 0 Å². The maximum absolute atomic E-state index is 5.50. The van der Waals surface area contributed by atoms with Crippen molar-refractivity contribution in [3.63, 3.8) is 0 Å². The topological polar surface area (TPSA) is 39.2 Å². The van der Waals surface area contributed by atoms with Crippen molar-refractivity contribution in [1.82, 2.24) is 0 Å². The first-order chi connectivity index (χ1) is 5.15. The molecule has 0 saturated carbocycles. The summed E-state index contributed by atoms with van der Waals surface area (Å²) in [4.78, 5) is 0. The highest BCUT2D eigenvalue weighted by Crippen LogP contribution is 2.20. The highest BCUT2D eigenvalue weighted by Gasteiger charge is 2.07. The van der Waals surface area contributed by atoms with E-state index in [0.717, 1.165) is 17.1 Å². The molecule has 0 unspecified atom stereocenters. The average Bonchev–Trinajstić information content (AvgIpc) is 2.31. The predicted octanol–water partition coefficient (Wildman–Crippen LogP) is 2.17. The summed E-state index contributed by atoms with van der Waals surface area (Å²) in [5.74, 6) is 2.44. The first kappa shape index (κ1) is 8.34. The lowest BCUT2D eigenvalue weighted by Crippen LogP contribution is -1.95. The molecule has 0 fully saturated rings. The molecule has 0 radical (unpaired) electrons. The number of furan rings is 1. The first-order valence-electron chi connectivity index (χ1n) is 3.94. The first-order valence-corrected chi connectivity index (χ1v) is 3.94. The SMILES string of the molecule is Cc1oc(C(C)C)cc1CN. The molecule has 11 heavy (non-hydrogen) atoms. The molecule has 0 amide bonds. The van der Waals surface area contributed by atoms with Crippen molar-refractivity contribution < 1.29 is 4.42 Å². The van der Waals surface area contributed by atoms with Crippen LogP contribution in [0.5, 0.6) is 0 Å². The summed E-state index contributed by atoms with van der Waals surface area (Å²) >= 11 is 0. The minimum atomic E-state index is 0.453. The minimum absolute atomic E-state index is 0.453. The number of hydrogen-bond acceptors (Lipinski definition) is 2. The van der Waals surface area contributed by atoms with Gasteiger partial charge in [0.2, 0.25) is 0 Å². The monoisotopic (exact) mass is 153 g/mol. The molecular formula is C9H15NO. The Kier molecular flexibility index (Phi) is 2.35. The fourth-order valence-corrected chi connectivity index (χ4v) is 1.03. The fraction of sp³-hybridized carbons (Fsp3) is 0.556. The maximum Gasteiger partial charge on any atom is 0.107 e. The van der Waals surface area contributed by atoms with E-state index in [9.17, 15) is 0 Å². The molecular weight excluding hydrogens is 138 g/mol. The summed E-state index contributed by atoms with van der Waals surface area (Å²) in [7, 11) is 0. The van der Waals surface area contributed by atoms with E-state index in [1.165, 1.54) is 0 Å². The Labute approximate surface area is 67.4 Å². The number of nitrogens with two attached hydrogens (primary N) is 1. The van der Waals surface area contributed by atoms with Crippen molar-refractivity contribution in [2.75, 3.05) is 0 Å². The Balaban J connectivity index is 2.95. The summed E-state index contributed by atoms with van der Waals surface area (Å²) < 4.78 is 5.49. The molecule has 0 saturated heterocycles. The molecule has 1 aromatic heterocycles. The highest BCUT2D eigenvalue weighted by molar-refractivity contribution is 5.21. The van der Waals surface area contributed by atoms with Gasteiger partial charge in [-0.05, 0) is 13.0 Å². The molecule has 0 aliphatic rings. The van der Waals surface area contributed by atoms with Crippen LogP contribution in [0.4, 0.5) is 0 Å². The predicted molar refractivity (Wildman–Crippen MR) is 45.4 cm³/mol. The zero-order valence-corrected chi connectivity index (χ0v) is 7.35. The molecule has 0 spiro atoms. The highest BCUT2D eigenvalue weighted by atomic mass is 16.3. The van der Waals surface area contributed by atoms with Crippen molar-refractivity contribution >= 4 is 0 Å². The number of hydrogen-bond donors (Lipinski definition) is 1. The quantitative estimate of drug-likeness (QED) is 0.707. The molecule has 62 valence electrons. The molecule has 0 aliphatic carbocycles. The minimum Gasteiger partial charge on any atom is -0.466 e. The van der Waals surface area contributed by atoms with Gasteiger partial charge in [0.1, 0.15) is 11.5 Å². The van der Waals surface area contributed by atoms with Crippen molar-refractivity contribution in [1.29, 1.82) is 0 Å². The van der Waals surface area contributed by atoms with Crippen molar-refractivity contribution in [3.05, 3.63) is 23.2 Å². The Hall–Kier alpha value is -0.760. The van der Waals surface area contributed by atoms with Crippen LogP contribution in [0.1, 0.15) is 36.8 Å². The van der Waals surface area contributed by atoms with Gasteiger partial charge in [0.25, 0.3) is 0 Å². The summed E-state index contributed by atoms with van der Waals surface area (Å²) in [6.45, 7) is 6.74. The second-order valence-electron chi connectivity index (χ2n) is 3.09. The Bertz CT molecular complexity index is 238. The fourth-order valence-electron chi connectivity index (χ4n) is 1.03. The molecule has 0 bridgehead atoms. The lowest BCUT2D eigenvalue weighted by atomic mass is 10.1. The van der Waals surface area contributed by atoms with Gasteiger partial charge in [-0.15, -0.1) is 0 Å². The van der Waals surface area contributed by atoms with Gasteiger partial charge in [0.15, 0.2) is 0 Å². The molecule has 1 aromatic rings. The van der Waals surface area contributed by atoms with Gasteiger partial charge in [-0.25, -0.2) is 0 Å². The van der Waals surface area contributed by atoms with Gasteiger partial charge >= 0.3 is 0 Å². The average molecular weight is 153 g/mol. The van der Waals surface area contributed by atoms with Gasteiger partial charge < -0.3 is 10.2 Å². The third-order valence-electron chi connectivity index (χ3n) is 1.83. The van der Waals surface area contributed by atoms with E-state index in [4.69, 9.17) is 10.2 Å². The van der Waals surface area contributed by atoms with Crippen molar-refractivity contribution in [2.45, 2.75) is 33.2 Å². The lowest BCUT2D eigenvalue weighted by Gasteiger charge is -1.96. The molecule has 0 aromatic carbocycles. The summed E-state index contributed by atoms with van der Waals surface area (Å²) in [5.41, 5.74) is 6.62. The van der Waals surface area contributed by atoms with Crippen LogP contribution in [-0.4, -0.2) is 0 Å². The van der Waals surface area contributed by atoms with Crippen LogP contribution in [0, 0.1) is 6.92 Å². The van der Waals surface area contributed by atoms with Gasteiger partial charge in [-0.3, -0.25) is 0 Å². The van der Waals surface area contributed by atoms with E-state index in [0.29, 0.717) is 12.5 Å². The van der Waals surface area contributed by atoms with Crippen molar-refractivity contribution in [2.24, 2.45) is 5.73 Å². The zero-order valence-electron chi connectivity index (χ0n) is 7.35. The standard InChI is InChI=1S/C9H15NO/c1-6(2)9-4-8(5-10)7(3)11-9/h4,6H,5,10H2,1-3H3. The zero-order chi connectivity index (χ0) is 8.43. The van der Waals surface area contributed by atoms with Crippen LogP contribution in [-0.2, 0) is 6.54 Å². The normalized spacial score (nSPS) is 11.0. The Morgan fingerprint density at radius 3 is 2.45 bits per heavy atom. The van der Waals surface area contributed by atoms with Crippen LogP contribution in [0.3, 0.4) is 0 Å². The summed E-state index contributed by atoms with van der Waals surface area (Å²) in [6, 6.07) is 2.04. The molecule has 1 rings (SSSR count). The summed E-state index contributed by atoms with van der Waals surface area (Å²) in [6.07, 6.45) is 0. The van der Waals surface area contributed by atoms with E-state index >= 15 is 0 Å². The second kappa shape index (κ2) is 3.09. The Morgan fingerprint density at radius 1 is 1.55 bits per heavy atom. The van der Waals surface area contributed by atoms with Gasteiger partial charge in [0.05, 0.1) is 0 Å². The molecule has 2 heteroatoms. The van der Waals surface area contributed by atoms with Gasteiger partial charge in [-0.2, -0.15) is 0 Å². The molecule has 2 nitrogen and oxygen atoms in total. The van der Waals surface area contributed by atoms with Crippen LogP contribution >= 0.6 is 0 Å². The van der Waals surface area contributed by atoms with E-state index < -0.39 is 0 Å². The van der Waals surface area contributed by atoms with Crippen LogP contribution in [0.2, 0.25) is 0 Å². The molecule has 0 atom stereocenters. The van der Waals surface area contributed by atoms with Gasteiger partial charge in [-0.1, -0.05) is 13.8 Å². The van der Waals surface area contributed by atoms with E-state index in [2.05, 4.69) is 13.8 Å². The van der Waals surface area contributed by atoms with E-state index in [-0.39, 0.29) is 0 Å². The number of aryl methyl sites for hydroxylation is 1. The smallest absolute Gasteiger partial charge is 0.107 e. The molecule has 2 N–H and O–H groups in total. The van der Waals surface area contributed by atoms with Crippen LogP contribution in [0.15, 0.2) is 10.5 Å². The third-order valence-corrected chi connectivity index (χ3v) is 1.83. The Morgan fingerprint density at radius 2 is 2.18 bits per heavy atom. The van der Waals surface area contributed by atoms with Gasteiger partial charge in [0, 0.05) is 18.0 Å². The molecule has 0 aliphatic heterocycles. The van der Waals surface area contributed by atoms with Crippen molar-refractivity contribution in [3.8, 4) is 0 Å².